The van der Waals surface area contributed by atoms with Crippen molar-refractivity contribution in [2.75, 3.05) is 25.5 Å². The Hall–Kier alpha value is -2.98. The zero-order chi connectivity index (χ0) is 24.0. The quantitative estimate of drug-likeness (QED) is 0.597. The molecule has 1 fully saturated rings. The van der Waals surface area contributed by atoms with Gasteiger partial charge in [0.05, 0.1) is 12.0 Å². The number of amides is 2. The molecule has 1 aliphatic rings. The summed E-state index contributed by atoms with van der Waals surface area (Å²) in [5.41, 5.74) is 0.804. The molecule has 33 heavy (non-hydrogen) atoms. The van der Waals surface area contributed by atoms with Crippen LogP contribution in [0.3, 0.4) is 0 Å². The summed E-state index contributed by atoms with van der Waals surface area (Å²) in [4.78, 5) is 24.4. The first-order valence-electron chi connectivity index (χ1n) is 10.7. The first kappa shape index (κ1) is 24.7. The Morgan fingerprint density at radius 1 is 1.12 bits per heavy atom. The Kier molecular flexibility index (Phi) is 8.04. The molecule has 8 nitrogen and oxygen atoms in total. The highest BCUT2D eigenvalue weighted by atomic mass is 32.2. The molecule has 0 aromatic heterocycles. The number of methoxy groups -OCH3 is 1. The molecule has 0 bridgehead atoms. The van der Waals surface area contributed by atoms with Gasteiger partial charge in [-0.2, -0.15) is 4.31 Å². The van der Waals surface area contributed by atoms with Gasteiger partial charge in [0.2, 0.25) is 10.0 Å². The van der Waals surface area contributed by atoms with Crippen LogP contribution in [0.1, 0.15) is 31.2 Å². The van der Waals surface area contributed by atoms with Crippen LogP contribution in [0.4, 0.5) is 10.1 Å². The van der Waals surface area contributed by atoms with Crippen molar-refractivity contribution in [2.45, 2.75) is 43.5 Å². The number of anilines is 1. The molecular weight excluding hydrogens is 449 g/mol. The highest BCUT2D eigenvalue weighted by Crippen LogP contribution is 2.28. The smallest absolute Gasteiger partial charge is 0.313 e. The van der Waals surface area contributed by atoms with E-state index in [0.29, 0.717) is 36.4 Å². The summed E-state index contributed by atoms with van der Waals surface area (Å²) in [5, 5.41) is 5.06. The number of halogens is 1. The van der Waals surface area contributed by atoms with Gasteiger partial charge in [0.15, 0.2) is 0 Å². The molecule has 1 atom stereocenters. The third-order valence-electron chi connectivity index (χ3n) is 5.61. The maximum absolute atomic E-state index is 13.4. The number of nitrogens with one attached hydrogen (secondary N) is 2. The average Bonchev–Trinajstić information content (AvgIpc) is 2.79. The number of ether oxygens (including phenoxy) is 1. The van der Waals surface area contributed by atoms with Crippen molar-refractivity contribution in [3.63, 3.8) is 0 Å². The zero-order valence-electron chi connectivity index (χ0n) is 18.6. The second-order valence-electron chi connectivity index (χ2n) is 7.90. The first-order chi connectivity index (χ1) is 15.7. The van der Waals surface area contributed by atoms with Gasteiger partial charge >= 0.3 is 11.8 Å². The van der Waals surface area contributed by atoms with Crippen molar-refractivity contribution >= 4 is 27.5 Å². The van der Waals surface area contributed by atoms with Gasteiger partial charge in [0.25, 0.3) is 0 Å². The fraction of sp³-hybridized carbons (Fsp3) is 0.391. The lowest BCUT2D eigenvalue weighted by Gasteiger charge is -2.35. The third kappa shape index (κ3) is 6.08. The Morgan fingerprint density at radius 3 is 2.52 bits per heavy atom. The van der Waals surface area contributed by atoms with Crippen LogP contribution in [-0.2, 0) is 19.6 Å². The van der Waals surface area contributed by atoms with E-state index in [2.05, 4.69) is 10.6 Å². The largest absolute Gasteiger partial charge is 0.497 e. The normalized spacial score (nSPS) is 16.8. The van der Waals surface area contributed by atoms with Crippen LogP contribution in [0.15, 0.2) is 47.4 Å². The van der Waals surface area contributed by atoms with Gasteiger partial charge < -0.3 is 15.4 Å². The highest BCUT2D eigenvalue weighted by Gasteiger charge is 2.34. The average molecular weight is 478 g/mol. The van der Waals surface area contributed by atoms with E-state index in [9.17, 15) is 22.4 Å². The molecule has 0 saturated carbocycles. The van der Waals surface area contributed by atoms with Crippen molar-refractivity contribution in [2.24, 2.45) is 0 Å². The molecule has 2 aromatic carbocycles. The molecular formula is C23H28FN3O5S. The summed E-state index contributed by atoms with van der Waals surface area (Å²) in [6.45, 7) is 2.07. The van der Waals surface area contributed by atoms with E-state index >= 15 is 0 Å². The van der Waals surface area contributed by atoms with Crippen molar-refractivity contribution < 1.29 is 27.1 Å². The number of piperidine rings is 1. The molecule has 1 heterocycles. The molecule has 1 saturated heterocycles. The summed E-state index contributed by atoms with van der Waals surface area (Å²) >= 11 is 0. The van der Waals surface area contributed by atoms with Crippen LogP contribution in [-0.4, -0.2) is 50.8 Å². The lowest BCUT2D eigenvalue weighted by molar-refractivity contribution is -0.136. The molecule has 0 aliphatic carbocycles. The van der Waals surface area contributed by atoms with Crippen molar-refractivity contribution in [1.82, 2.24) is 9.62 Å². The lowest BCUT2D eigenvalue weighted by atomic mass is 10.0. The van der Waals surface area contributed by atoms with Gasteiger partial charge in [-0.3, -0.25) is 9.59 Å². The number of nitrogens with zero attached hydrogens (tertiary/aromatic N) is 1. The third-order valence-corrected chi connectivity index (χ3v) is 7.73. The van der Waals surface area contributed by atoms with E-state index in [1.54, 1.807) is 31.2 Å². The van der Waals surface area contributed by atoms with Crippen molar-refractivity contribution in [1.29, 1.82) is 0 Å². The van der Waals surface area contributed by atoms with Crippen LogP contribution in [0.5, 0.6) is 5.75 Å². The SMILES string of the molecule is COc1ccc(NC(=O)C(=O)NCC[C@H]2CCCCN2S(=O)(=O)c2ccc(F)cc2C)cc1. The number of hydrogen-bond donors (Lipinski definition) is 2. The lowest BCUT2D eigenvalue weighted by Crippen LogP contribution is -2.46. The summed E-state index contributed by atoms with van der Waals surface area (Å²) in [6.07, 6.45) is 2.60. The van der Waals surface area contributed by atoms with Crippen LogP contribution >= 0.6 is 0 Å². The van der Waals surface area contributed by atoms with E-state index in [0.717, 1.165) is 18.9 Å². The number of carbonyl (C=O) groups excluding carboxylic acids is 2. The second kappa shape index (κ2) is 10.8. The molecule has 10 heteroatoms. The van der Waals surface area contributed by atoms with Gasteiger partial charge in [-0.15, -0.1) is 0 Å². The molecule has 1 aliphatic heterocycles. The summed E-state index contributed by atoms with van der Waals surface area (Å²) < 4.78 is 46.4. The molecule has 3 rings (SSSR count). The number of carbonyl (C=O) groups is 2. The van der Waals surface area contributed by atoms with Gasteiger partial charge in [-0.25, -0.2) is 12.8 Å². The molecule has 0 spiro atoms. The van der Waals surface area contributed by atoms with Gasteiger partial charge in [-0.1, -0.05) is 6.42 Å². The summed E-state index contributed by atoms with van der Waals surface area (Å²) in [7, 11) is -2.28. The van der Waals surface area contributed by atoms with E-state index in [1.807, 2.05) is 0 Å². The monoisotopic (exact) mass is 477 g/mol. The predicted molar refractivity (Wildman–Crippen MR) is 122 cm³/mol. The molecule has 0 radical (unpaired) electrons. The van der Waals surface area contributed by atoms with Crippen molar-refractivity contribution in [3.05, 3.63) is 53.8 Å². The highest BCUT2D eigenvalue weighted by molar-refractivity contribution is 7.89. The number of benzene rings is 2. The number of aryl methyl sites for hydroxylation is 1. The first-order valence-corrected chi connectivity index (χ1v) is 12.2. The van der Waals surface area contributed by atoms with E-state index < -0.39 is 27.7 Å². The molecule has 2 N–H and O–H groups in total. The Labute approximate surface area is 193 Å². The van der Waals surface area contributed by atoms with Gasteiger partial charge in [0.1, 0.15) is 11.6 Å². The zero-order valence-corrected chi connectivity index (χ0v) is 19.5. The molecule has 0 unspecified atom stereocenters. The van der Waals surface area contributed by atoms with Crippen LogP contribution in [0, 0.1) is 12.7 Å². The Bertz CT molecular complexity index is 1110. The van der Waals surface area contributed by atoms with Gasteiger partial charge in [0, 0.05) is 24.8 Å². The minimum atomic E-state index is -3.81. The standard InChI is InChI=1S/C23H28FN3O5S/c1-16-15-17(24)6-11-21(16)33(30,31)27-14-4-3-5-19(27)12-13-25-22(28)23(29)26-18-7-9-20(32-2)10-8-18/h6-11,15,19H,3-5,12-14H2,1-2H3,(H,25,28)(H,26,29)/t19-/m1/s1. The molecule has 2 amide bonds. The van der Waals surface area contributed by atoms with Crippen LogP contribution < -0.4 is 15.4 Å². The predicted octanol–water partition coefficient (Wildman–Crippen LogP) is 2.83. The van der Waals surface area contributed by atoms with E-state index in [1.165, 1.54) is 23.5 Å². The Balaban J connectivity index is 1.58. The topological polar surface area (TPSA) is 105 Å². The second-order valence-corrected chi connectivity index (χ2v) is 9.76. The summed E-state index contributed by atoms with van der Waals surface area (Å²) in [6, 6.07) is 9.87. The molecule has 2 aromatic rings. The number of hydrogen-bond acceptors (Lipinski definition) is 5. The number of sulfonamides is 1. The minimum absolute atomic E-state index is 0.0821. The van der Waals surface area contributed by atoms with Crippen LogP contribution in [0.2, 0.25) is 0 Å². The fourth-order valence-electron chi connectivity index (χ4n) is 3.90. The van der Waals surface area contributed by atoms with Gasteiger partial charge in [-0.05, 0) is 74.2 Å². The van der Waals surface area contributed by atoms with Crippen LogP contribution in [0.25, 0.3) is 0 Å². The van der Waals surface area contributed by atoms with E-state index in [-0.39, 0.29) is 17.5 Å². The van der Waals surface area contributed by atoms with E-state index in [4.69, 9.17) is 4.74 Å². The fourth-order valence-corrected chi connectivity index (χ4v) is 5.83. The number of rotatable bonds is 7. The maximum Gasteiger partial charge on any atom is 0.313 e. The van der Waals surface area contributed by atoms with Crippen molar-refractivity contribution in [3.8, 4) is 5.75 Å². The maximum atomic E-state index is 13.4. The minimum Gasteiger partial charge on any atom is -0.497 e. The summed E-state index contributed by atoms with van der Waals surface area (Å²) in [5.74, 6) is -1.47. The molecule has 178 valence electrons. The Morgan fingerprint density at radius 2 is 1.85 bits per heavy atom.